The van der Waals surface area contributed by atoms with Crippen molar-refractivity contribution in [2.24, 2.45) is 0 Å². The highest BCUT2D eigenvalue weighted by Gasteiger charge is 2.28. The number of carbonyl (C=O) groups excluding carboxylic acids is 1. The largest absolute Gasteiger partial charge is 0.496 e. The first-order valence-corrected chi connectivity index (χ1v) is 13.0. The van der Waals surface area contributed by atoms with Crippen molar-refractivity contribution in [2.75, 3.05) is 27.2 Å². The van der Waals surface area contributed by atoms with Crippen LogP contribution in [0.2, 0.25) is 0 Å². The number of methoxy groups -OCH3 is 1. The van der Waals surface area contributed by atoms with Gasteiger partial charge in [-0.3, -0.25) is 4.79 Å². The number of nitrogens with zero attached hydrogens (tertiary/aromatic N) is 4. The summed E-state index contributed by atoms with van der Waals surface area (Å²) >= 11 is 0. The van der Waals surface area contributed by atoms with Gasteiger partial charge in [-0.1, -0.05) is 28.9 Å². The minimum atomic E-state index is -3.55. The van der Waals surface area contributed by atoms with Gasteiger partial charge in [0.25, 0.3) is 0 Å². The predicted molar refractivity (Wildman–Crippen MR) is 130 cm³/mol. The number of carbonyl (C=O) groups is 1. The maximum Gasteiger partial charge on any atom is 0.246 e. The molecule has 0 spiro atoms. The Morgan fingerprint density at radius 2 is 1.94 bits per heavy atom. The van der Waals surface area contributed by atoms with Crippen molar-refractivity contribution in [1.82, 2.24) is 19.3 Å². The molecule has 1 aromatic heterocycles. The van der Waals surface area contributed by atoms with Crippen molar-refractivity contribution < 1.29 is 22.5 Å². The van der Waals surface area contributed by atoms with Crippen LogP contribution in [0.3, 0.4) is 0 Å². The van der Waals surface area contributed by atoms with E-state index in [9.17, 15) is 13.2 Å². The van der Waals surface area contributed by atoms with Gasteiger partial charge in [-0.2, -0.15) is 9.29 Å². The third-order valence-electron chi connectivity index (χ3n) is 6.11. The molecule has 1 amide bonds. The van der Waals surface area contributed by atoms with E-state index in [0.29, 0.717) is 42.5 Å². The highest BCUT2D eigenvalue weighted by atomic mass is 32.2. The molecule has 0 radical (unpaired) electrons. The van der Waals surface area contributed by atoms with Gasteiger partial charge in [0.15, 0.2) is 0 Å². The van der Waals surface area contributed by atoms with E-state index in [0.717, 1.165) is 24.0 Å². The molecule has 0 bridgehead atoms. The van der Waals surface area contributed by atoms with Crippen LogP contribution in [0.1, 0.15) is 36.3 Å². The third kappa shape index (κ3) is 5.71. The van der Waals surface area contributed by atoms with E-state index in [4.69, 9.17) is 9.26 Å². The minimum Gasteiger partial charge on any atom is -0.496 e. The number of hydrogen-bond acceptors (Lipinski definition) is 7. The molecule has 1 fully saturated rings. The number of aromatic nitrogens is 2. The zero-order chi connectivity index (χ0) is 25.0. The second-order valence-electron chi connectivity index (χ2n) is 8.72. The first kappa shape index (κ1) is 24.9. The average Bonchev–Trinajstić information content (AvgIpc) is 3.55. The van der Waals surface area contributed by atoms with Crippen molar-refractivity contribution in [3.05, 3.63) is 59.5 Å². The zero-order valence-corrected chi connectivity index (χ0v) is 21.0. The van der Waals surface area contributed by atoms with Gasteiger partial charge < -0.3 is 14.2 Å². The Kier molecular flexibility index (Phi) is 7.51. The van der Waals surface area contributed by atoms with Crippen LogP contribution in [0.25, 0.3) is 11.4 Å². The van der Waals surface area contributed by atoms with Crippen LogP contribution in [0, 0.1) is 6.92 Å². The summed E-state index contributed by atoms with van der Waals surface area (Å²) in [5, 5.41) is 4.02. The fraction of sp³-hybridized carbons (Fsp3) is 0.400. The SMILES string of the molecule is COc1ccc(S(=O)(=O)N2CCCC2)cc1CCC(=O)N(C)Cc1nc(-c2cccc(C)c2)no1. The van der Waals surface area contributed by atoms with Crippen LogP contribution in [0.4, 0.5) is 0 Å². The Bertz CT molecular complexity index is 1300. The van der Waals surface area contributed by atoms with E-state index in [2.05, 4.69) is 10.1 Å². The van der Waals surface area contributed by atoms with E-state index in [1.807, 2.05) is 31.2 Å². The molecule has 0 atom stereocenters. The van der Waals surface area contributed by atoms with Gasteiger partial charge in [0.05, 0.1) is 18.6 Å². The molecule has 4 rings (SSSR count). The van der Waals surface area contributed by atoms with Gasteiger partial charge >= 0.3 is 0 Å². The molecule has 0 saturated carbocycles. The van der Waals surface area contributed by atoms with Gasteiger partial charge in [-0.15, -0.1) is 0 Å². The third-order valence-corrected chi connectivity index (χ3v) is 8.00. The minimum absolute atomic E-state index is 0.129. The number of hydrogen-bond donors (Lipinski definition) is 0. The molecular formula is C25H30N4O5S. The number of sulfonamides is 1. The fourth-order valence-electron chi connectivity index (χ4n) is 4.13. The Morgan fingerprint density at radius 1 is 1.17 bits per heavy atom. The molecule has 0 N–H and O–H groups in total. The highest BCUT2D eigenvalue weighted by molar-refractivity contribution is 7.89. The summed E-state index contributed by atoms with van der Waals surface area (Å²) in [6.07, 6.45) is 2.26. The lowest BCUT2D eigenvalue weighted by Crippen LogP contribution is -2.28. The zero-order valence-electron chi connectivity index (χ0n) is 20.2. The molecule has 10 heteroatoms. The monoisotopic (exact) mass is 498 g/mol. The first-order valence-electron chi connectivity index (χ1n) is 11.6. The summed E-state index contributed by atoms with van der Waals surface area (Å²) in [4.78, 5) is 19.0. The summed E-state index contributed by atoms with van der Waals surface area (Å²) < 4.78 is 38.1. The second-order valence-corrected chi connectivity index (χ2v) is 10.7. The number of aryl methyl sites for hydroxylation is 2. The fourth-order valence-corrected chi connectivity index (χ4v) is 5.70. The molecule has 9 nitrogen and oxygen atoms in total. The molecule has 186 valence electrons. The lowest BCUT2D eigenvalue weighted by Gasteiger charge is -2.18. The predicted octanol–water partition coefficient (Wildman–Crippen LogP) is 3.43. The Balaban J connectivity index is 1.40. The van der Waals surface area contributed by atoms with Crippen LogP contribution < -0.4 is 4.74 Å². The summed E-state index contributed by atoms with van der Waals surface area (Å²) in [6, 6.07) is 12.6. The Morgan fingerprint density at radius 3 is 2.66 bits per heavy atom. The van der Waals surface area contributed by atoms with Crippen molar-refractivity contribution in [1.29, 1.82) is 0 Å². The molecule has 2 aromatic carbocycles. The van der Waals surface area contributed by atoms with E-state index >= 15 is 0 Å². The molecule has 1 saturated heterocycles. The van der Waals surface area contributed by atoms with Crippen molar-refractivity contribution in [2.45, 2.75) is 44.0 Å². The van der Waals surface area contributed by atoms with Gasteiger partial charge in [0.2, 0.25) is 27.6 Å². The lowest BCUT2D eigenvalue weighted by atomic mass is 10.1. The first-order chi connectivity index (χ1) is 16.8. The van der Waals surface area contributed by atoms with E-state index in [1.54, 1.807) is 25.2 Å². The normalized spacial score (nSPS) is 14.3. The second kappa shape index (κ2) is 10.6. The molecule has 1 aliphatic rings. The molecule has 3 aromatic rings. The Hall–Kier alpha value is -3.24. The molecule has 0 unspecified atom stereocenters. The maximum atomic E-state index is 12.9. The number of rotatable bonds is 9. The molecule has 0 aliphatic carbocycles. The molecule has 2 heterocycles. The quantitative estimate of drug-likeness (QED) is 0.445. The summed E-state index contributed by atoms with van der Waals surface area (Å²) in [5.74, 6) is 1.25. The summed E-state index contributed by atoms with van der Waals surface area (Å²) in [5.41, 5.74) is 2.62. The smallest absolute Gasteiger partial charge is 0.246 e. The van der Waals surface area contributed by atoms with Gasteiger partial charge in [0, 0.05) is 32.1 Å². The number of benzene rings is 2. The van der Waals surface area contributed by atoms with Crippen LogP contribution in [-0.4, -0.2) is 60.9 Å². The Labute approximate surface area is 205 Å². The van der Waals surface area contributed by atoms with Crippen LogP contribution in [0.5, 0.6) is 5.75 Å². The van der Waals surface area contributed by atoms with Crippen LogP contribution in [0.15, 0.2) is 51.9 Å². The van der Waals surface area contributed by atoms with Crippen LogP contribution >= 0.6 is 0 Å². The van der Waals surface area contributed by atoms with Gasteiger partial charge in [-0.25, -0.2) is 8.42 Å². The summed E-state index contributed by atoms with van der Waals surface area (Å²) in [7, 11) is -0.349. The molecule has 1 aliphatic heterocycles. The topological polar surface area (TPSA) is 106 Å². The van der Waals surface area contributed by atoms with Crippen molar-refractivity contribution in [3.63, 3.8) is 0 Å². The van der Waals surface area contributed by atoms with Crippen molar-refractivity contribution in [3.8, 4) is 17.1 Å². The lowest BCUT2D eigenvalue weighted by molar-refractivity contribution is -0.130. The maximum absolute atomic E-state index is 12.9. The van der Waals surface area contributed by atoms with Crippen molar-refractivity contribution >= 4 is 15.9 Å². The van der Waals surface area contributed by atoms with Crippen LogP contribution in [-0.2, 0) is 27.8 Å². The van der Waals surface area contributed by atoms with Gasteiger partial charge in [0.1, 0.15) is 5.75 Å². The highest BCUT2D eigenvalue weighted by Crippen LogP contribution is 2.27. The number of ether oxygens (including phenoxy) is 1. The molecule has 35 heavy (non-hydrogen) atoms. The van der Waals surface area contributed by atoms with E-state index in [1.165, 1.54) is 16.3 Å². The van der Waals surface area contributed by atoms with E-state index in [-0.39, 0.29) is 23.8 Å². The summed E-state index contributed by atoms with van der Waals surface area (Å²) in [6.45, 7) is 3.24. The number of amides is 1. The average molecular weight is 499 g/mol. The standard InChI is InChI=1S/C25H30N4O5S/c1-18-7-6-8-20(15-18)25-26-23(34-27-25)17-28(2)24(30)12-9-19-16-21(10-11-22(19)33-3)35(31,32)29-13-4-5-14-29/h6-8,10-11,15-16H,4-5,9,12-14,17H2,1-3H3. The van der Waals surface area contributed by atoms with E-state index < -0.39 is 10.0 Å². The van der Waals surface area contributed by atoms with Gasteiger partial charge in [-0.05, 0) is 56.0 Å². The molecular weight excluding hydrogens is 468 g/mol.